The van der Waals surface area contributed by atoms with Crippen LogP contribution in [0.25, 0.3) is 0 Å². The maximum Gasteiger partial charge on any atom is 0.324 e. The zero-order chi connectivity index (χ0) is 11.6. The SMILES string of the molecule is CC1CCC(C(=O)O)(N2CCCCC2)CC1. The fourth-order valence-electron chi connectivity index (χ4n) is 3.23. The molecule has 3 nitrogen and oxygen atoms in total. The van der Waals surface area contributed by atoms with Crippen molar-refractivity contribution in [3.8, 4) is 0 Å². The molecule has 0 aromatic heterocycles. The Morgan fingerprint density at radius 2 is 1.75 bits per heavy atom. The Morgan fingerprint density at radius 3 is 2.25 bits per heavy atom. The van der Waals surface area contributed by atoms with Gasteiger partial charge in [-0.25, -0.2) is 0 Å². The Balaban J connectivity index is 2.11. The van der Waals surface area contributed by atoms with Gasteiger partial charge in [-0.3, -0.25) is 9.69 Å². The van der Waals surface area contributed by atoms with E-state index in [0.717, 1.165) is 38.8 Å². The molecule has 0 spiro atoms. The number of piperidine rings is 1. The largest absolute Gasteiger partial charge is 0.480 e. The molecule has 1 N–H and O–H groups in total. The Hall–Kier alpha value is -0.570. The number of nitrogens with zero attached hydrogens (tertiary/aromatic N) is 1. The number of rotatable bonds is 2. The van der Waals surface area contributed by atoms with Crippen molar-refractivity contribution in [2.24, 2.45) is 5.92 Å². The molecule has 0 amide bonds. The summed E-state index contributed by atoms with van der Waals surface area (Å²) in [5.74, 6) is 0.124. The molecule has 0 unspecified atom stereocenters. The van der Waals surface area contributed by atoms with Crippen molar-refractivity contribution >= 4 is 5.97 Å². The molecule has 2 aliphatic rings. The predicted octanol–water partition coefficient (Wildman–Crippen LogP) is 2.51. The molecule has 1 heterocycles. The normalized spacial score (nSPS) is 37.2. The lowest BCUT2D eigenvalue weighted by molar-refractivity contribution is -0.155. The van der Waals surface area contributed by atoms with Gasteiger partial charge in [0.05, 0.1) is 0 Å². The Kier molecular flexibility index (Phi) is 3.53. The molecule has 2 rings (SSSR count). The third kappa shape index (κ3) is 2.10. The van der Waals surface area contributed by atoms with Gasteiger partial charge in [-0.1, -0.05) is 13.3 Å². The van der Waals surface area contributed by atoms with Crippen LogP contribution in [0.3, 0.4) is 0 Å². The Morgan fingerprint density at radius 1 is 1.19 bits per heavy atom. The van der Waals surface area contributed by atoms with E-state index in [9.17, 15) is 9.90 Å². The summed E-state index contributed by atoms with van der Waals surface area (Å²) in [7, 11) is 0. The van der Waals surface area contributed by atoms with E-state index in [0.29, 0.717) is 5.92 Å². The summed E-state index contributed by atoms with van der Waals surface area (Å²) in [6.45, 7) is 4.21. The monoisotopic (exact) mass is 225 g/mol. The Labute approximate surface area is 97.8 Å². The lowest BCUT2D eigenvalue weighted by atomic mass is 9.75. The van der Waals surface area contributed by atoms with Crippen LogP contribution in [0.5, 0.6) is 0 Å². The average Bonchev–Trinajstić information content (AvgIpc) is 2.31. The molecule has 2 fully saturated rings. The molecule has 16 heavy (non-hydrogen) atoms. The summed E-state index contributed by atoms with van der Waals surface area (Å²) in [6.07, 6.45) is 7.45. The minimum absolute atomic E-state index is 0.521. The van der Waals surface area contributed by atoms with Crippen LogP contribution < -0.4 is 0 Å². The highest BCUT2D eigenvalue weighted by Gasteiger charge is 2.46. The van der Waals surface area contributed by atoms with Gasteiger partial charge >= 0.3 is 5.97 Å². The van der Waals surface area contributed by atoms with Crippen molar-refractivity contribution in [3.05, 3.63) is 0 Å². The molecule has 0 bridgehead atoms. The third-order valence-electron chi connectivity index (χ3n) is 4.46. The molecule has 92 valence electrons. The second-order valence-electron chi connectivity index (χ2n) is 5.57. The second-order valence-corrected chi connectivity index (χ2v) is 5.57. The van der Waals surface area contributed by atoms with Crippen LogP contribution in [0.1, 0.15) is 51.9 Å². The molecule has 3 heteroatoms. The smallest absolute Gasteiger partial charge is 0.324 e. The van der Waals surface area contributed by atoms with E-state index in [1.165, 1.54) is 19.3 Å². The van der Waals surface area contributed by atoms with E-state index in [4.69, 9.17) is 0 Å². The number of carboxylic acid groups (broad SMARTS) is 1. The van der Waals surface area contributed by atoms with Crippen molar-refractivity contribution in [1.29, 1.82) is 0 Å². The van der Waals surface area contributed by atoms with Crippen molar-refractivity contribution in [3.63, 3.8) is 0 Å². The lowest BCUT2D eigenvalue weighted by Crippen LogP contribution is -2.57. The van der Waals surface area contributed by atoms with Gasteiger partial charge < -0.3 is 5.11 Å². The zero-order valence-electron chi connectivity index (χ0n) is 10.2. The topological polar surface area (TPSA) is 40.5 Å². The summed E-state index contributed by atoms with van der Waals surface area (Å²) < 4.78 is 0. The summed E-state index contributed by atoms with van der Waals surface area (Å²) in [5, 5.41) is 9.59. The van der Waals surface area contributed by atoms with E-state index < -0.39 is 11.5 Å². The molecule has 1 aliphatic heterocycles. The highest BCUT2D eigenvalue weighted by molar-refractivity contribution is 5.79. The first-order chi connectivity index (χ1) is 7.65. The van der Waals surface area contributed by atoms with Gasteiger partial charge in [-0.05, 0) is 57.5 Å². The quantitative estimate of drug-likeness (QED) is 0.785. The summed E-state index contributed by atoms with van der Waals surface area (Å²) >= 11 is 0. The van der Waals surface area contributed by atoms with Crippen LogP contribution in [-0.4, -0.2) is 34.6 Å². The molecular formula is C13H23NO2. The first kappa shape index (κ1) is 11.9. The fourth-order valence-corrected chi connectivity index (χ4v) is 3.23. The van der Waals surface area contributed by atoms with Crippen molar-refractivity contribution in [2.75, 3.05) is 13.1 Å². The Bertz CT molecular complexity index is 251. The second kappa shape index (κ2) is 4.74. The van der Waals surface area contributed by atoms with Crippen LogP contribution in [0.2, 0.25) is 0 Å². The highest BCUT2D eigenvalue weighted by atomic mass is 16.4. The van der Waals surface area contributed by atoms with Crippen LogP contribution >= 0.6 is 0 Å². The molecular weight excluding hydrogens is 202 g/mol. The van der Waals surface area contributed by atoms with E-state index >= 15 is 0 Å². The predicted molar refractivity (Wildman–Crippen MR) is 63.4 cm³/mol. The molecule has 1 saturated heterocycles. The molecule has 0 atom stereocenters. The van der Waals surface area contributed by atoms with E-state index in [1.807, 2.05) is 0 Å². The summed E-state index contributed by atoms with van der Waals surface area (Å²) in [5.41, 5.74) is -0.521. The van der Waals surface area contributed by atoms with Gasteiger partial charge in [-0.2, -0.15) is 0 Å². The first-order valence-electron chi connectivity index (χ1n) is 6.63. The molecule has 0 radical (unpaired) electrons. The van der Waals surface area contributed by atoms with Crippen molar-refractivity contribution < 1.29 is 9.90 Å². The summed E-state index contributed by atoms with van der Waals surface area (Å²) in [4.78, 5) is 13.9. The van der Waals surface area contributed by atoms with Gasteiger partial charge in [0.2, 0.25) is 0 Å². The van der Waals surface area contributed by atoms with Gasteiger partial charge in [0.1, 0.15) is 5.54 Å². The van der Waals surface area contributed by atoms with E-state index in [-0.39, 0.29) is 0 Å². The fraction of sp³-hybridized carbons (Fsp3) is 0.923. The number of carboxylic acids is 1. The maximum atomic E-state index is 11.6. The molecule has 0 aromatic carbocycles. The van der Waals surface area contributed by atoms with Gasteiger partial charge in [0, 0.05) is 0 Å². The zero-order valence-corrected chi connectivity index (χ0v) is 10.2. The van der Waals surface area contributed by atoms with Crippen molar-refractivity contribution in [1.82, 2.24) is 4.90 Å². The first-order valence-corrected chi connectivity index (χ1v) is 6.63. The number of hydrogen-bond donors (Lipinski definition) is 1. The minimum Gasteiger partial charge on any atom is -0.480 e. The van der Waals surface area contributed by atoms with E-state index in [2.05, 4.69) is 11.8 Å². The molecule has 0 aromatic rings. The van der Waals surface area contributed by atoms with Gasteiger partial charge in [0.15, 0.2) is 0 Å². The summed E-state index contributed by atoms with van der Waals surface area (Å²) in [6, 6.07) is 0. The van der Waals surface area contributed by atoms with Gasteiger partial charge in [0.25, 0.3) is 0 Å². The minimum atomic E-state index is -0.582. The number of carbonyl (C=O) groups is 1. The standard InChI is InChI=1S/C13H23NO2/c1-11-5-7-13(8-6-11,12(15)16)14-9-3-2-4-10-14/h11H,2-10H2,1H3,(H,15,16). The molecule has 1 aliphatic carbocycles. The molecule has 1 saturated carbocycles. The average molecular weight is 225 g/mol. The third-order valence-corrected chi connectivity index (χ3v) is 4.46. The number of aliphatic carboxylic acids is 1. The van der Waals surface area contributed by atoms with Crippen molar-refractivity contribution in [2.45, 2.75) is 57.4 Å². The van der Waals surface area contributed by atoms with Crippen LogP contribution in [-0.2, 0) is 4.79 Å². The van der Waals surface area contributed by atoms with Crippen LogP contribution in [0, 0.1) is 5.92 Å². The van der Waals surface area contributed by atoms with Gasteiger partial charge in [-0.15, -0.1) is 0 Å². The highest BCUT2D eigenvalue weighted by Crippen LogP contribution is 2.38. The lowest BCUT2D eigenvalue weighted by Gasteiger charge is -2.46. The maximum absolute atomic E-state index is 11.6. The van der Waals surface area contributed by atoms with Crippen LogP contribution in [0.4, 0.5) is 0 Å². The van der Waals surface area contributed by atoms with Crippen LogP contribution in [0.15, 0.2) is 0 Å². The number of likely N-dealkylation sites (tertiary alicyclic amines) is 1. The number of hydrogen-bond acceptors (Lipinski definition) is 2. The van der Waals surface area contributed by atoms with E-state index in [1.54, 1.807) is 0 Å².